The summed E-state index contributed by atoms with van der Waals surface area (Å²) in [5, 5.41) is 2.84. The first-order valence-corrected chi connectivity index (χ1v) is 7.07. The molecule has 1 aromatic rings. The maximum Gasteiger partial charge on any atom is 0.245 e. The van der Waals surface area contributed by atoms with Gasteiger partial charge in [0.15, 0.2) is 0 Å². The summed E-state index contributed by atoms with van der Waals surface area (Å²) in [7, 11) is 0. The number of nitrogens with two attached hydrogens (primary N) is 1. The molecular weight excluding hydrogens is 274 g/mol. The van der Waals surface area contributed by atoms with E-state index in [2.05, 4.69) is 5.32 Å². The molecule has 1 atom stereocenters. The number of amides is 1. The van der Waals surface area contributed by atoms with E-state index in [0.717, 1.165) is 11.3 Å². The molecule has 2 rings (SSSR count). The normalized spacial score (nSPS) is 18.6. The molecule has 1 aliphatic rings. The number of hydrogen-bond acceptors (Lipinski definition) is 4. The van der Waals surface area contributed by atoms with Gasteiger partial charge in [0.25, 0.3) is 0 Å². The molecule has 5 nitrogen and oxygen atoms in total. The molecule has 0 aliphatic carbocycles. The zero-order chi connectivity index (χ0) is 14.5. The summed E-state index contributed by atoms with van der Waals surface area (Å²) in [6.07, 6.45) is 0. The lowest BCUT2D eigenvalue weighted by Gasteiger charge is -2.37. The van der Waals surface area contributed by atoms with E-state index in [1.165, 1.54) is 0 Å². The number of para-hydroxylation sites is 1. The number of anilines is 1. The summed E-state index contributed by atoms with van der Waals surface area (Å²) in [5.74, 6) is -0.0371. The molecule has 20 heavy (non-hydrogen) atoms. The maximum absolute atomic E-state index is 12.2. The number of morpholine rings is 1. The van der Waals surface area contributed by atoms with Gasteiger partial charge in [0.2, 0.25) is 5.91 Å². The fourth-order valence-electron chi connectivity index (χ4n) is 2.33. The van der Waals surface area contributed by atoms with Gasteiger partial charge in [0.1, 0.15) is 11.0 Å². The summed E-state index contributed by atoms with van der Waals surface area (Å²) in [5.41, 5.74) is 7.45. The van der Waals surface area contributed by atoms with Crippen LogP contribution in [0.15, 0.2) is 24.3 Å². The Kier molecular flexibility index (Phi) is 4.92. The molecule has 0 aromatic heterocycles. The van der Waals surface area contributed by atoms with E-state index < -0.39 is 0 Å². The third kappa shape index (κ3) is 3.08. The van der Waals surface area contributed by atoms with Crippen molar-refractivity contribution < 1.29 is 9.53 Å². The van der Waals surface area contributed by atoms with Gasteiger partial charge >= 0.3 is 0 Å². The molecule has 1 fully saturated rings. The second-order valence-electron chi connectivity index (χ2n) is 4.56. The minimum absolute atomic E-state index is 0.0371. The van der Waals surface area contributed by atoms with Gasteiger partial charge in [-0.1, -0.05) is 24.4 Å². The Hall–Kier alpha value is -1.66. The molecule has 1 saturated heterocycles. The minimum Gasteiger partial charge on any atom is -0.389 e. The Labute approximate surface area is 124 Å². The zero-order valence-corrected chi connectivity index (χ0v) is 12.3. The summed E-state index contributed by atoms with van der Waals surface area (Å²) >= 11 is 5.09. The molecule has 1 heterocycles. The lowest BCUT2D eigenvalue weighted by atomic mass is 10.1. The van der Waals surface area contributed by atoms with Crippen LogP contribution in [0.3, 0.4) is 0 Å². The fraction of sp³-hybridized carbons (Fsp3) is 0.429. The van der Waals surface area contributed by atoms with E-state index in [4.69, 9.17) is 22.7 Å². The molecule has 1 unspecified atom stereocenters. The van der Waals surface area contributed by atoms with Crippen molar-refractivity contribution in [2.24, 2.45) is 5.73 Å². The van der Waals surface area contributed by atoms with E-state index >= 15 is 0 Å². The molecule has 3 N–H and O–H groups in total. The monoisotopic (exact) mass is 293 g/mol. The minimum atomic E-state index is -0.348. The number of likely N-dealkylation sites (N-methyl/N-ethyl adjacent to an activating group) is 1. The Morgan fingerprint density at radius 1 is 1.55 bits per heavy atom. The van der Waals surface area contributed by atoms with Crippen LogP contribution < -0.4 is 16.0 Å². The Morgan fingerprint density at radius 2 is 2.30 bits per heavy atom. The van der Waals surface area contributed by atoms with Crippen LogP contribution in [-0.2, 0) is 9.53 Å². The molecule has 0 bridgehead atoms. The molecule has 0 saturated carbocycles. The molecule has 1 aromatic carbocycles. The van der Waals surface area contributed by atoms with Crippen LogP contribution in [0, 0.1) is 0 Å². The van der Waals surface area contributed by atoms with Crippen LogP contribution in [-0.4, -0.2) is 43.2 Å². The molecule has 1 aliphatic heterocycles. The molecule has 6 heteroatoms. The van der Waals surface area contributed by atoms with Crippen LogP contribution in [0.5, 0.6) is 0 Å². The van der Waals surface area contributed by atoms with E-state index in [9.17, 15) is 4.79 Å². The number of rotatable bonds is 4. The predicted molar refractivity (Wildman–Crippen MR) is 83.0 cm³/mol. The Balaban J connectivity index is 2.33. The highest BCUT2D eigenvalue weighted by atomic mass is 32.1. The predicted octanol–water partition coefficient (Wildman–Crippen LogP) is 0.662. The van der Waals surface area contributed by atoms with Crippen molar-refractivity contribution in [3.8, 4) is 0 Å². The van der Waals surface area contributed by atoms with Crippen LogP contribution in [0.25, 0.3) is 0 Å². The first kappa shape index (κ1) is 14.7. The van der Waals surface area contributed by atoms with E-state index in [1.54, 1.807) is 0 Å². The molecule has 1 amide bonds. The van der Waals surface area contributed by atoms with Crippen molar-refractivity contribution in [2.75, 3.05) is 31.2 Å². The zero-order valence-electron chi connectivity index (χ0n) is 11.5. The topological polar surface area (TPSA) is 67.6 Å². The number of thiocarbonyl (C=S) groups is 1. The number of nitrogens with zero attached hydrogens (tertiary/aromatic N) is 1. The number of hydrogen-bond donors (Lipinski definition) is 2. The van der Waals surface area contributed by atoms with Gasteiger partial charge in [-0.3, -0.25) is 4.79 Å². The average molecular weight is 293 g/mol. The van der Waals surface area contributed by atoms with Crippen molar-refractivity contribution in [1.82, 2.24) is 5.32 Å². The second kappa shape index (κ2) is 6.67. The van der Waals surface area contributed by atoms with Crippen molar-refractivity contribution in [1.29, 1.82) is 0 Å². The number of carbonyl (C=O) groups is 1. The van der Waals surface area contributed by atoms with Gasteiger partial charge in [0.05, 0.1) is 13.2 Å². The molecule has 0 radical (unpaired) electrons. The van der Waals surface area contributed by atoms with Gasteiger partial charge in [-0.05, 0) is 19.1 Å². The Morgan fingerprint density at radius 3 is 3.00 bits per heavy atom. The average Bonchev–Trinajstić information content (AvgIpc) is 2.47. The molecular formula is C14H19N3O2S. The highest BCUT2D eigenvalue weighted by Crippen LogP contribution is 2.24. The van der Waals surface area contributed by atoms with Gasteiger partial charge in [-0.2, -0.15) is 0 Å². The lowest BCUT2D eigenvalue weighted by Crippen LogP contribution is -2.54. The third-order valence-electron chi connectivity index (χ3n) is 3.26. The van der Waals surface area contributed by atoms with Crippen molar-refractivity contribution in [3.63, 3.8) is 0 Å². The largest absolute Gasteiger partial charge is 0.389 e. The van der Waals surface area contributed by atoms with Crippen LogP contribution in [0.2, 0.25) is 0 Å². The summed E-state index contributed by atoms with van der Waals surface area (Å²) < 4.78 is 5.44. The van der Waals surface area contributed by atoms with Crippen LogP contribution >= 0.6 is 12.2 Å². The quantitative estimate of drug-likeness (QED) is 0.798. The van der Waals surface area contributed by atoms with E-state index in [-0.39, 0.29) is 11.9 Å². The Bertz CT molecular complexity index is 507. The van der Waals surface area contributed by atoms with Gasteiger partial charge in [-0.15, -0.1) is 0 Å². The molecule has 0 spiro atoms. The lowest BCUT2D eigenvalue weighted by molar-refractivity contribution is -0.124. The van der Waals surface area contributed by atoms with E-state index in [1.807, 2.05) is 36.1 Å². The van der Waals surface area contributed by atoms with Gasteiger partial charge in [0, 0.05) is 24.3 Å². The van der Waals surface area contributed by atoms with Gasteiger partial charge in [-0.25, -0.2) is 0 Å². The first-order valence-electron chi connectivity index (χ1n) is 6.66. The standard InChI is InChI=1S/C14H19N3O2S/c1-2-16-14(18)12-9-19-8-7-17(12)11-6-4-3-5-10(11)13(15)20/h3-6,12H,2,7-9H2,1H3,(H2,15,20)(H,16,18). The van der Waals surface area contributed by atoms with Crippen molar-refractivity contribution in [3.05, 3.63) is 29.8 Å². The van der Waals surface area contributed by atoms with Crippen LogP contribution in [0.4, 0.5) is 5.69 Å². The number of ether oxygens (including phenoxy) is 1. The summed E-state index contributed by atoms with van der Waals surface area (Å²) in [6.45, 7) is 4.09. The third-order valence-corrected chi connectivity index (χ3v) is 3.48. The first-order chi connectivity index (χ1) is 9.65. The second-order valence-corrected chi connectivity index (χ2v) is 5.00. The van der Waals surface area contributed by atoms with E-state index in [0.29, 0.717) is 31.3 Å². The summed E-state index contributed by atoms with van der Waals surface area (Å²) in [6, 6.07) is 7.27. The highest BCUT2D eigenvalue weighted by molar-refractivity contribution is 7.80. The highest BCUT2D eigenvalue weighted by Gasteiger charge is 2.30. The smallest absolute Gasteiger partial charge is 0.245 e. The summed E-state index contributed by atoms with van der Waals surface area (Å²) in [4.78, 5) is 14.5. The van der Waals surface area contributed by atoms with Gasteiger partial charge < -0.3 is 20.7 Å². The number of benzene rings is 1. The van der Waals surface area contributed by atoms with Crippen LogP contribution in [0.1, 0.15) is 12.5 Å². The fourth-order valence-corrected chi connectivity index (χ4v) is 2.51. The number of carbonyl (C=O) groups excluding carboxylic acids is 1. The SMILES string of the molecule is CCNC(=O)C1COCCN1c1ccccc1C(N)=S. The number of nitrogens with one attached hydrogen (secondary N) is 1. The maximum atomic E-state index is 12.2. The molecule has 108 valence electrons. The van der Waals surface area contributed by atoms with Crippen molar-refractivity contribution in [2.45, 2.75) is 13.0 Å². The van der Waals surface area contributed by atoms with Crippen molar-refractivity contribution >= 4 is 28.8 Å².